The number of carbonyl (C=O) groups excluding carboxylic acids is 1. The minimum atomic E-state index is -4.45. The van der Waals surface area contributed by atoms with Crippen LogP contribution in [-0.4, -0.2) is 34.0 Å². The molecule has 2 aromatic heterocycles. The van der Waals surface area contributed by atoms with Crippen LogP contribution in [0.25, 0.3) is 11.4 Å². The third-order valence-electron chi connectivity index (χ3n) is 5.04. The van der Waals surface area contributed by atoms with Gasteiger partial charge in [-0.05, 0) is 35.6 Å². The molecule has 1 amide bonds. The second-order valence-electron chi connectivity index (χ2n) is 7.35. The van der Waals surface area contributed by atoms with Crippen molar-refractivity contribution in [1.29, 1.82) is 0 Å². The molecular weight excluding hydrogens is 451 g/mol. The Kier molecular flexibility index (Phi) is 6.88. The van der Waals surface area contributed by atoms with Crippen LogP contribution >= 0.6 is 11.3 Å². The minimum Gasteiger partial charge on any atom is -0.339 e. The van der Waals surface area contributed by atoms with Gasteiger partial charge in [0.15, 0.2) is 0 Å². The molecule has 0 saturated carbocycles. The molecule has 0 radical (unpaired) electrons. The van der Waals surface area contributed by atoms with Gasteiger partial charge in [0.2, 0.25) is 11.7 Å². The van der Waals surface area contributed by atoms with Crippen molar-refractivity contribution >= 4 is 17.2 Å². The van der Waals surface area contributed by atoms with Gasteiger partial charge in [0.1, 0.15) is 0 Å². The predicted molar refractivity (Wildman–Crippen MR) is 119 cm³/mol. The first-order valence-corrected chi connectivity index (χ1v) is 11.1. The van der Waals surface area contributed by atoms with Crippen LogP contribution in [0.4, 0.5) is 13.2 Å². The number of rotatable bonds is 8. The maximum atomic E-state index is 13.0. The number of hydrogen-bond donors (Lipinski definition) is 0. The lowest BCUT2D eigenvalue weighted by Gasteiger charge is -2.21. The lowest BCUT2D eigenvalue weighted by Crippen LogP contribution is -2.34. The van der Waals surface area contributed by atoms with E-state index >= 15 is 0 Å². The summed E-state index contributed by atoms with van der Waals surface area (Å²) in [5.74, 6) is 0.251. The molecule has 4 aromatic rings. The molecule has 0 spiro atoms. The number of hydrogen-bond acceptors (Lipinski definition) is 5. The molecule has 0 atom stereocenters. The van der Waals surface area contributed by atoms with E-state index in [0.29, 0.717) is 24.4 Å². The van der Waals surface area contributed by atoms with E-state index in [-0.39, 0.29) is 29.6 Å². The lowest BCUT2D eigenvalue weighted by atomic mass is 10.1. The van der Waals surface area contributed by atoms with Crippen LogP contribution in [-0.2, 0) is 19.0 Å². The molecule has 0 bridgehead atoms. The van der Waals surface area contributed by atoms with Gasteiger partial charge in [-0.15, -0.1) is 11.3 Å². The van der Waals surface area contributed by atoms with Crippen LogP contribution in [0.15, 0.2) is 76.6 Å². The Bertz CT molecular complexity index is 1190. The molecule has 9 heteroatoms. The van der Waals surface area contributed by atoms with Crippen molar-refractivity contribution in [2.24, 2.45) is 0 Å². The first kappa shape index (κ1) is 22.7. The Morgan fingerprint density at radius 2 is 1.76 bits per heavy atom. The quantitative estimate of drug-likeness (QED) is 0.329. The van der Waals surface area contributed by atoms with Crippen molar-refractivity contribution in [3.8, 4) is 11.4 Å². The van der Waals surface area contributed by atoms with E-state index in [0.717, 1.165) is 17.7 Å². The SMILES string of the molecule is O=C(c1cccs1)N(CCc1ccccc1)CCc1nc(-c2cccc(C(F)(F)F)c2)no1. The molecule has 0 aliphatic carbocycles. The lowest BCUT2D eigenvalue weighted by molar-refractivity contribution is -0.137. The minimum absolute atomic E-state index is 0.0801. The molecule has 4 rings (SSSR count). The zero-order valence-electron chi connectivity index (χ0n) is 17.5. The normalized spacial score (nSPS) is 11.5. The summed E-state index contributed by atoms with van der Waals surface area (Å²) in [6, 6.07) is 18.2. The van der Waals surface area contributed by atoms with Gasteiger partial charge in [0.05, 0.1) is 10.4 Å². The first-order chi connectivity index (χ1) is 15.9. The average Bonchev–Trinajstić information content (AvgIpc) is 3.52. The third-order valence-corrected chi connectivity index (χ3v) is 5.90. The number of nitrogens with zero attached hydrogens (tertiary/aromatic N) is 3. The van der Waals surface area contributed by atoms with E-state index in [2.05, 4.69) is 10.1 Å². The summed E-state index contributed by atoms with van der Waals surface area (Å²) in [5.41, 5.74) is 0.557. The van der Waals surface area contributed by atoms with Crippen molar-refractivity contribution in [2.75, 3.05) is 13.1 Å². The van der Waals surface area contributed by atoms with Gasteiger partial charge >= 0.3 is 6.18 Å². The number of thiophene rings is 1. The molecule has 2 heterocycles. The number of halogens is 3. The van der Waals surface area contributed by atoms with E-state index in [9.17, 15) is 18.0 Å². The molecule has 5 nitrogen and oxygen atoms in total. The molecule has 2 aromatic carbocycles. The Labute approximate surface area is 192 Å². The van der Waals surface area contributed by atoms with Gasteiger partial charge in [-0.2, -0.15) is 18.2 Å². The highest BCUT2D eigenvalue weighted by Gasteiger charge is 2.30. The molecule has 33 heavy (non-hydrogen) atoms. The smallest absolute Gasteiger partial charge is 0.339 e. The Morgan fingerprint density at radius 3 is 2.48 bits per heavy atom. The van der Waals surface area contributed by atoms with Gasteiger partial charge < -0.3 is 9.42 Å². The van der Waals surface area contributed by atoms with Crippen molar-refractivity contribution < 1.29 is 22.5 Å². The second-order valence-corrected chi connectivity index (χ2v) is 8.29. The second kappa shape index (κ2) is 9.99. The fraction of sp³-hybridized carbons (Fsp3) is 0.208. The van der Waals surface area contributed by atoms with E-state index in [4.69, 9.17) is 4.52 Å². The molecule has 170 valence electrons. The standard InChI is InChI=1S/C24H20F3N3O2S/c25-24(26,27)19-9-4-8-18(16-19)22-28-21(32-29-22)12-14-30(23(31)20-10-5-15-33-20)13-11-17-6-2-1-3-7-17/h1-10,15-16H,11-14H2. The summed E-state index contributed by atoms with van der Waals surface area (Å²) < 4.78 is 44.2. The van der Waals surface area contributed by atoms with E-state index in [1.165, 1.54) is 23.5 Å². The van der Waals surface area contributed by atoms with Crippen molar-refractivity contribution in [3.63, 3.8) is 0 Å². The van der Waals surface area contributed by atoms with Gasteiger partial charge in [-0.25, -0.2) is 0 Å². The summed E-state index contributed by atoms with van der Waals surface area (Å²) in [7, 11) is 0. The largest absolute Gasteiger partial charge is 0.416 e. The summed E-state index contributed by atoms with van der Waals surface area (Å²) in [4.78, 5) is 19.6. The van der Waals surface area contributed by atoms with Gasteiger partial charge in [-0.1, -0.05) is 53.7 Å². The van der Waals surface area contributed by atoms with Crippen LogP contribution in [0.2, 0.25) is 0 Å². The van der Waals surface area contributed by atoms with Gasteiger partial charge in [0.25, 0.3) is 5.91 Å². The van der Waals surface area contributed by atoms with Crippen LogP contribution in [0.5, 0.6) is 0 Å². The molecule has 0 unspecified atom stereocenters. The Balaban J connectivity index is 1.45. The zero-order valence-corrected chi connectivity index (χ0v) is 18.3. The highest BCUT2D eigenvalue weighted by atomic mass is 32.1. The summed E-state index contributed by atoms with van der Waals surface area (Å²) in [6.07, 6.45) is -3.47. The molecular formula is C24H20F3N3O2S. The topological polar surface area (TPSA) is 59.2 Å². The third kappa shape index (κ3) is 5.87. The van der Waals surface area contributed by atoms with Crippen LogP contribution in [0, 0.1) is 0 Å². The fourth-order valence-corrected chi connectivity index (χ4v) is 4.01. The number of benzene rings is 2. The highest BCUT2D eigenvalue weighted by molar-refractivity contribution is 7.12. The Morgan fingerprint density at radius 1 is 0.970 bits per heavy atom. The Hall–Kier alpha value is -3.46. The first-order valence-electron chi connectivity index (χ1n) is 10.3. The van der Waals surface area contributed by atoms with Crippen LogP contribution in [0.3, 0.4) is 0 Å². The molecule has 0 N–H and O–H groups in total. The van der Waals surface area contributed by atoms with E-state index < -0.39 is 11.7 Å². The van der Waals surface area contributed by atoms with Crippen LogP contribution < -0.4 is 0 Å². The zero-order chi connectivity index (χ0) is 23.3. The molecule has 0 aliphatic heterocycles. The average molecular weight is 472 g/mol. The summed E-state index contributed by atoms with van der Waals surface area (Å²) in [5, 5.41) is 5.67. The maximum absolute atomic E-state index is 13.0. The van der Waals surface area contributed by atoms with E-state index in [1.807, 2.05) is 41.8 Å². The van der Waals surface area contributed by atoms with Crippen molar-refractivity contribution in [3.05, 3.63) is 94.0 Å². The van der Waals surface area contributed by atoms with Gasteiger partial charge in [0, 0.05) is 25.1 Å². The van der Waals surface area contributed by atoms with Gasteiger partial charge in [-0.3, -0.25) is 4.79 Å². The number of alkyl halides is 3. The summed E-state index contributed by atoms with van der Waals surface area (Å²) in [6.45, 7) is 0.850. The van der Waals surface area contributed by atoms with E-state index in [1.54, 1.807) is 11.0 Å². The summed E-state index contributed by atoms with van der Waals surface area (Å²) >= 11 is 1.37. The highest BCUT2D eigenvalue weighted by Crippen LogP contribution is 2.31. The predicted octanol–water partition coefficient (Wildman–Crippen LogP) is 5.74. The fourth-order valence-electron chi connectivity index (χ4n) is 3.32. The molecule has 0 aliphatic rings. The molecule has 0 saturated heterocycles. The molecule has 0 fully saturated rings. The van der Waals surface area contributed by atoms with Crippen LogP contribution in [0.1, 0.15) is 26.7 Å². The van der Waals surface area contributed by atoms with Crippen molar-refractivity contribution in [1.82, 2.24) is 15.0 Å². The maximum Gasteiger partial charge on any atom is 0.416 e. The monoisotopic (exact) mass is 471 g/mol. The number of carbonyl (C=O) groups is 1. The van der Waals surface area contributed by atoms with Crippen molar-refractivity contribution in [2.45, 2.75) is 19.0 Å². The number of aromatic nitrogens is 2. The number of amides is 1.